The number of thiophene rings is 1. The van der Waals surface area contributed by atoms with Gasteiger partial charge in [-0.05, 0) is 47.9 Å². The summed E-state index contributed by atoms with van der Waals surface area (Å²) >= 11 is 1.76. The molecule has 1 aliphatic heterocycles. The van der Waals surface area contributed by atoms with E-state index in [0.29, 0.717) is 19.7 Å². The van der Waals surface area contributed by atoms with Crippen LogP contribution in [0.4, 0.5) is 0 Å². The van der Waals surface area contributed by atoms with Gasteiger partial charge >= 0.3 is 0 Å². The highest BCUT2D eigenvalue weighted by molar-refractivity contribution is 7.10. The Morgan fingerprint density at radius 2 is 2.00 bits per heavy atom. The monoisotopic (exact) mass is 428 g/mol. The summed E-state index contributed by atoms with van der Waals surface area (Å²) in [6.07, 6.45) is 1.58. The van der Waals surface area contributed by atoms with Crippen molar-refractivity contribution in [2.75, 3.05) is 33.4 Å². The highest BCUT2D eigenvalue weighted by atomic mass is 32.1. The number of aryl methyl sites for hydroxylation is 1. The summed E-state index contributed by atoms with van der Waals surface area (Å²) in [4.78, 5) is 31.2. The fraction of sp³-hybridized carbons (Fsp3) is 0.500. The van der Waals surface area contributed by atoms with E-state index in [1.165, 1.54) is 16.0 Å². The molecule has 6 heteroatoms. The lowest BCUT2D eigenvalue weighted by Gasteiger charge is -2.38. The average molecular weight is 429 g/mol. The Bertz CT molecular complexity index is 877. The minimum absolute atomic E-state index is 0.00604. The summed E-state index contributed by atoms with van der Waals surface area (Å²) in [5.74, 6) is -0.121. The van der Waals surface area contributed by atoms with Crippen LogP contribution in [0, 0.1) is 12.8 Å². The van der Waals surface area contributed by atoms with Gasteiger partial charge in [0.05, 0.1) is 12.6 Å². The van der Waals surface area contributed by atoms with Gasteiger partial charge < -0.3 is 14.5 Å². The highest BCUT2D eigenvalue weighted by Gasteiger charge is 2.34. The highest BCUT2D eigenvalue weighted by Crippen LogP contribution is 2.39. The van der Waals surface area contributed by atoms with E-state index in [1.54, 1.807) is 23.3 Å². The molecular formula is C24H32N2O3S. The maximum Gasteiger partial charge on any atom is 0.242 e. The number of rotatable bonds is 8. The molecule has 0 unspecified atom stereocenters. The van der Waals surface area contributed by atoms with Crippen molar-refractivity contribution in [1.82, 2.24) is 9.80 Å². The SMILES string of the molecule is COCCCN(CC(=O)N1CCc2sccc2[C@H]1c1ccccc1C)C(=O)C(C)C. The molecule has 0 radical (unpaired) electrons. The summed E-state index contributed by atoms with van der Waals surface area (Å²) < 4.78 is 5.14. The van der Waals surface area contributed by atoms with Crippen molar-refractivity contribution in [3.63, 3.8) is 0 Å². The van der Waals surface area contributed by atoms with Crippen molar-refractivity contribution >= 4 is 23.2 Å². The quantitative estimate of drug-likeness (QED) is 0.596. The second-order valence-electron chi connectivity index (χ2n) is 8.16. The third-order valence-electron chi connectivity index (χ3n) is 5.68. The molecule has 0 aliphatic carbocycles. The normalized spacial score (nSPS) is 15.9. The number of hydrogen-bond donors (Lipinski definition) is 0. The Labute approximate surface area is 183 Å². The molecule has 3 rings (SSSR count). The van der Waals surface area contributed by atoms with Gasteiger partial charge in [0.25, 0.3) is 0 Å². The number of hydrogen-bond acceptors (Lipinski definition) is 4. The zero-order valence-electron chi connectivity index (χ0n) is 18.4. The summed E-state index contributed by atoms with van der Waals surface area (Å²) in [5, 5.41) is 2.11. The van der Waals surface area contributed by atoms with Crippen molar-refractivity contribution in [2.24, 2.45) is 5.92 Å². The average Bonchev–Trinajstić information content (AvgIpc) is 3.21. The van der Waals surface area contributed by atoms with Crippen molar-refractivity contribution in [2.45, 2.75) is 39.7 Å². The number of benzene rings is 1. The largest absolute Gasteiger partial charge is 0.385 e. The van der Waals surface area contributed by atoms with Gasteiger partial charge in [0, 0.05) is 37.6 Å². The predicted molar refractivity (Wildman–Crippen MR) is 121 cm³/mol. The van der Waals surface area contributed by atoms with E-state index in [2.05, 4.69) is 30.5 Å². The molecule has 1 atom stereocenters. The minimum Gasteiger partial charge on any atom is -0.385 e. The zero-order valence-corrected chi connectivity index (χ0v) is 19.2. The summed E-state index contributed by atoms with van der Waals surface area (Å²) in [5.41, 5.74) is 3.55. The van der Waals surface area contributed by atoms with Crippen molar-refractivity contribution in [3.8, 4) is 0 Å². The molecule has 2 heterocycles. The van der Waals surface area contributed by atoms with E-state index < -0.39 is 0 Å². The number of methoxy groups -OCH3 is 1. The molecule has 0 N–H and O–H groups in total. The van der Waals surface area contributed by atoms with Gasteiger partial charge in [-0.15, -0.1) is 11.3 Å². The summed E-state index contributed by atoms with van der Waals surface area (Å²) in [6, 6.07) is 10.3. The van der Waals surface area contributed by atoms with Crippen LogP contribution in [0.15, 0.2) is 35.7 Å². The van der Waals surface area contributed by atoms with Crippen LogP contribution in [0.3, 0.4) is 0 Å². The lowest BCUT2D eigenvalue weighted by Crippen LogP contribution is -2.48. The molecule has 0 saturated carbocycles. The van der Waals surface area contributed by atoms with Crippen LogP contribution >= 0.6 is 11.3 Å². The fourth-order valence-corrected chi connectivity index (χ4v) is 5.00. The first-order valence-corrected chi connectivity index (χ1v) is 11.5. The third kappa shape index (κ3) is 4.93. The molecule has 0 saturated heterocycles. The Morgan fingerprint density at radius 1 is 1.23 bits per heavy atom. The molecule has 30 heavy (non-hydrogen) atoms. The lowest BCUT2D eigenvalue weighted by atomic mass is 9.90. The third-order valence-corrected chi connectivity index (χ3v) is 6.67. The number of fused-ring (bicyclic) bond motifs is 1. The Morgan fingerprint density at radius 3 is 2.70 bits per heavy atom. The van der Waals surface area contributed by atoms with Crippen molar-refractivity contribution < 1.29 is 14.3 Å². The van der Waals surface area contributed by atoms with Crippen LogP contribution in [-0.4, -0.2) is 55.0 Å². The second-order valence-corrected chi connectivity index (χ2v) is 9.16. The Balaban J connectivity index is 1.87. The molecule has 2 aromatic rings. The van der Waals surface area contributed by atoms with Crippen LogP contribution in [0.1, 0.15) is 47.9 Å². The zero-order chi connectivity index (χ0) is 21.7. The molecule has 1 aromatic carbocycles. The first kappa shape index (κ1) is 22.5. The number of amides is 2. The maximum absolute atomic E-state index is 13.5. The Kier molecular flexibility index (Phi) is 7.67. The molecule has 162 valence electrons. The van der Waals surface area contributed by atoms with E-state index >= 15 is 0 Å². The van der Waals surface area contributed by atoms with E-state index in [1.807, 2.05) is 30.9 Å². The van der Waals surface area contributed by atoms with E-state index in [-0.39, 0.29) is 30.3 Å². The Hall–Kier alpha value is -2.18. The topological polar surface area (TPSA) is 49.9 Å². The van der Waals surface area contributed by atoms with Gasteiger partial charge in [-0.3, -0.25) is 9.59 Å². The summed E-state index contributed by atoms with van der Waals surface area (Å²) in [7, 11) is 1.65. The van der Waals surface area contributed by atoms with E-state index in [0.717, 1.165) is 18.4 Å². The number of carbonyl (C=O) groups excluding carboxylic acids is 2. The molecule has 0 fully saturated rings. The number of carbonyl (C=O) groups is 2. The first-order valence-electron chi connectivity index (χ1n) is 10.6. The van der Waals surface area contributed by atoms with Gasteiger partial charge in [-0.2, -0.15) is 0 Å². The summed E-state index contributed by atoms with van der Waals surface area (Å²) in [6.45, 7) is 7.75. The molecule has 1 aliphatic rings. The van der Waals surface area contributed by atoms with Gasteiger partial charge in [0.15, 0.2) is 0 Å². The second kappa shape index (κ2) is 10.2. The molecule has 1 aromatic heterocycles. The molecule has 0 bridgehead atoms. The van der Waals surface area contributed by atoms with Crippen molar-refractivity contribution in [1.29, 1.82) is 0 Å². The van der Waals surface area contributed by atoms with Crippen LogP contribution in [0.2, 0.25) is 0 Å². The maximum atomic E-state index is 13.5. The molecule has 2 amide bonds. The van der Waals surface area contributed by atoms with Crippen LogP contribution in [0.5, 0.6) is 0 Å². The first-order chi connectivity index (χ1) is 14.4. The predicted octanol–water partition coefficient (Wildman–Crippen LogP) is 4.05. The fourth-order valence-electron chi connectivity index (χ4n) is 4.10. The van der Waals surface area contributed by atoms with E-state index in [9.17, 15) is 9.59 Å². The van der Waals surface area contributed by atoms with Gasteiger partial charge in [-0.25, -0.2) is 0 Å². The van der Waals surface area contributed by atoms with Gasteiger partial charge in [0.1, 0.15) is 0 Å². The van der Waals surface area contributed by atoms with Crippen LogP contribution in [-0.2, 0) is 20.7 Å². The number of ether oxygens (including phenoxy) is 1. The molecular weight excluding hydrogens is 396 g/mol. The molecule has 0 spiro atoms. The number of nitrogens with zero attached hydrogens (tertiary/aromatic N) is 2. The smallest absolute Gasteiger partial charge is 0.242 e. The van der Waals surface area contributed by atoms with Crippen LogP contribution in [0.25, 0.3) is 0 Å². The minimum atomic E-state index is -0.141. The van der Waals surface area contributed by atoms with Crippen LogP contribution < -0.4 is 0 Å². The van der Waals surface area contributed by atoms with Gasteiger partial charge in [-0.1, -0.05) is 38.1 Å². The standard InChI is InChI=1S/C24H32N2O3S/c1-17(2)24(28)25(12-7-14-29-4)16-22(27)26-13-10-21-20(11-15-30-21)23(26)19-9-6-5-8-18(19)3/h5-6,8-9,11,15,17,23H,7,10,12-14,16H2,1-4H3/t23-/m1/s1. The van der Waals surface area contributed by atoms with E-state index in [4.69, 9.17) is 4.74 Å². The lowest BCUT2D eigenvalue weighted by molar-refractivity contribution is -0.143. The molecule has 5 nitrogen and oxygen atoms in total. The van der Waals surface area contributed by atoms with Crippen molar-refractivity contribution in [3.05, 3.63) is 57.3 Å². The van der Waals surface area contributed by atoms with Gasteiger partial charge in [0.2, 0.25) is 11.8 Å².